The van der Waals surface area contributed by atoms with Gasteiger partial charge in [-0.25, -0.2) is 22.5 Å². The summed E-state index contributed by atoms with van der Waals surface area (Å²) in [7, 11) is -2.56. The number of carbonyl (C=O) groups excluding carboxylic acids is 1. The Kier molecular flexibility index (Phi) is 6.02. The van der Waals surface area contributed by atoms with Gasteiger partial charge in [-0.15, -0.1) is 11.3 Å². The van der Waals surface area contributed by atoms with Crippen molar-refractivity contribution < 1.29 is 23.1 Å². The van der Waals surface area contributed by atoms with E-state index < -0.39 is 21.6 Å². The van der Waals surface area contributed by atoms with Gasteiger partial charge >= 0.3 is 6.03 Å². The number of benzene rings is 2. The van der Waals surface area contributed by atoms with Crippen molar-refractivity contribution in [2.75, 3.05) is 12.4 Å². The monoisotopic (exact) mass is 505 g/mol. The second-order valence-electron chi connectivity index (χ2n) is 6.76. The number of anilines is 1. The average Bonchev–Trinajstić information content (AvgIpc) is 3.21. The summed E-state index contributed by atoms with van der Waals surface area (Å²) in [6, 6.07) is 14.0. The summed E-state index contributed by atoms with van der Waals surface area (Å²) in [6.07, 6.45) is 0. The van der Waals surface area contributed by atoms with E-state index in [9.17, 15) is 23.1 Å². The van der Waals surface area contributed by atoms with Crippen LogP contribution in [-0.2, 0) is 10.0 Å². The van der Waals surface area contributed by atoms with Gasteiger partial charge in [0, 0.05) is 17.1 Å². The molecule has 0 saturated carbocycles. The first-order valence-electron chi connectivity index (χ1n) is 9.30. The Balaban J connectivity index is 1.55. The first-order chi connectivity index (χ1) is 15.7. The Morgan fingerprint density at radius 3 is 2.45 bits per heavy atom. The predicted octanol–water partition coefficient (Wildman–Crippen LogP) is 3.93. The van der Waals surface area contributed by atoms with Gasteiger partial charge in [0.25, 0.3) is 15.6 Å². The van der Waals surface area contributed by atoms with E-state index in [0.29, 0.717) is 22.2 Å². The molecule has 0 fully saturated rings. The number of aromatic nitrogens is 1. The zero-order chi connectivity index (χ0) is 23.8. The third-order valence-electron chi connectivity index (χ3n) is 4.63. The third-order valence-corrected chi connectivity index (χ3v) is 7.69. The molecule has 0 saturated heterocycles. The summed E-state index contributed by atoms with van der Waals surface area (Å²) in [4.78, 5) is 24.8. The van der Waals surface area contributed by atoms with Crippen molar-refractivity contribution in [3.8, 4) is 17.3 Å². The van der Waals surface area contributed by atoms with E-state index in [4.69, 9.17) is 16.3 Å². The fourth-order valence-corrected chi connectivity index (χ4v) is 5.52. The molecule has 0 atom stereocenters. The van der Waals surface area contributed by atoms with Crippen molar-refractivity contribution in [1.82, 2.24) is 9.29 Å². The standard InChI is InChI=1S/C21H16ClN3O6S2/c1-31-15-6-7-16-12(10-15)11-18(26)25(20(16)27)14-4-2-13(3-5-14)23-21(28)24-33(29,30)19-9-8-17(22)32-19/h2-11,27H,1H3,(H2,23,24,28). The molecule has 170 valence electrons. The maximum atomic E-state index is 12.6. The number of sulfonamides is 1. The van der Waals surface area contributed by atoms with Crippen LogP contribution in [0.25, 0.3) is 16.5 Å². The molecule has 3 N–H and O–H groups in total. The Morgan fingerprint density at radius 2 is 1.82 bits per heavy atom. The Bertz CT molecular complexity index is 1530. The minimum absolute atomic E-state index is 0.0956. The molecule has 0 radical (unpaired) electrons. The molecule has 9 nitrogen and oxygen atoms in total. The van der Waals surface area contributed by atoms with Gasteiger partial charge in [-0.3, -0.25) is 4.79 Å². The summed E-state index contributed by atoms with van der Waals surface area (Å²) >= 11 is 6.56. The molecule has 12 heteroatoms. The quantitative estimate of drug-likeness (QED) is 0.377. The summed E-state index contributed by atoms with van der Waals surface area (Å²) in [6.45, 7) is 0. The van der Waals surface area contributed by atoms with E-state index in [2.05, 4.69) is 5.32 Å². The SMILES string of the molecule is COc1ccc2c(O)n(-c3ccc(NC(=O)NS(=O)(=O)c4ccc(Cl)s4)cc3)c(=O)cc2c1. The number of thiophene rings is 1. The number of ether oxygens (including phenoxy) is 1. The van der Waals surface area contributed by atoms with Crippen LogP contribution in [0.15, 0.2) is 69.7 Å². The van der Waals surface area contributed by atoms with Crippen LogP contribution in [0.1, 0.15) is 0 Å². The molecule has 2 aromatic carbocycles. The number of hydrogen-bond acceptors (Lipinski definition) is 7. The van der Waals surface area contributed by atoms with Crippen molar-refractivity contribution in [3.05, 3.63) is 75.4 Å². The molecule has 2 aromatic heterocycles. The molecule has 4 rings (SSSR count). The van der Waals surface area contributed by atoms with Crippen molar-refractivity contribution in [2.24, 2.45) is 0 Å². The van der Waals surface area contributed by atoms with Crippen LogP contribution >= 0.6 is 22.9 Å². The number of carbonyl (C=O) groups is 1. The summed E-state index contributed by atoms with van der Waals surface area (Å²) in [5.74, 6) is 0.302. The lowest BCUT2D eigenvalue weighted by Gasteiger charge is -2.13. The molecular weight excluding hydrogens is 490 g/mol. The second-order valence-corrected chi connectivity index (χ2v) is 10.4. The van der Waals surface area contributed by atoms with Crippen molar-refractivity contribution >= 4 is 55.5 Å². The first-order valence-corrected chi connectivity index (χ1v) is 12.0. The number of halogens is 1. The van der Waals surface area contributed by atoms with Gasteiger partial charge in [-0.05, 0) is 60.0 Å². The molecule has 33 heavy (non-hydrogen) atoms. The molecular formula is C21H16ClN3O6S2. The smallest absolute Gasteiger partial charge is 0.333 e. The number of methoxy groups -OCH3 is 1. The Morgan fingerprint density at radius 1 is 1.09 bits per heavy atom. The van der Waals surface area contributed by atoms with Gasteiger partial charge in [0.15, 0.2) is 0 Å². The van der Waals surface area contributed by atoms with E-state index in [1.54, 1.807) is 18.2 Å². The largest absolute Gasteiger partial charge is 0.497 e. The van der Waals surface area contributed by atoms with Gasteiger partial charge in [-0.1, -0.05) is 11.6 Å². The van der Waals surface area contributed by atoms with Gasteiger partial charge in [0.1, 0.15) is 9.96 Å². The molecule has 0 bridgehead atoms. The van der Waals surface area contributed by atoms with Crippen molar-refractivity contribution in [3.63, 3.8) is 0 Å². The van der Waals surface area contributed by atoms with Crippen molar-refractivity contribution in [2.45, 2.75) is 4.21 Å². The van der Waals surface area contributed by atoms with E-state index in [0.717, 1.165) is 15.9 Å². The lowest BCUT2D eigenvalue weighted by Crippen LogP contribution is -2.33. The van der Waals surface area contributed by atoms with Gasteiger partial charge in [0.2, 0.25) is 5.88 Å². The highest BCUT2D eigenvalue weighted by atomic mass is 35.5. The summed E-state index contributed by atoms with van der Waals surface area (Å²) in [5, 5.41) is 14.0. The highest BCUT2D eigenvalue weighted by molar-refractivity contribution is 7.92. The molecule has 4 aromatic rings. The molecule has 2 amide bonds. The number of amides is 2. The summed E-state index contributed by atoms with van der Waals surface area (Å²) in [5.41, 5.74) is 0.156. The van der Waals surface area contributed by atoms with Crippen LogP contribution in [-0.4, -0.2) is 31.2 Å². The molecule has 0 aliphatic rings. The zero-order valence-electron chi connectivity index (χ0n) is 16.9. The lowest BCUT2D eigenvalue weighted by molar-refractivity contribution is 0.256. The molecule has 0 spiro atoms. The number of urea groups is 1. The van der Waals surface area contributed by atoms with Crippen LogP contribution in [0.3, 0.4) is 0 Å². The number of aromatic hydroxyl groups is 1. The number of rotatable bonds is 5. The van der Waals surface area contributed by atoms with E-state index in [1.807, 2.05) is 4.72 Å². The lowest BCUT2D eigenvalue weighted by atomic mass is 10.1. The summed E-state index contributed by atoms with van der Waals surface area (Å²) < 4.78 is 32.8. The normalized spacial score (nSPS) is 11.3. The van der Waals surface area contributed by atoms with Gasteiger partial charge in [-0.2, -0.15) is 0 Å². The zero-order valence-corrected chi connectivity index (χ0v) is 19.3. The second kappa shape index (κ2) is 8.77. The Labute approximate surface area is 196 Å². The number of fused-ring (bicyclic) bond motifs is 1. The van der Waals surface area contributed by atoms with Crippen LogP contribution in [0.4, 0.5) is 10.5 Å². The van der Waals surface area contributed by atoms with E-state index >= 15 is 0 Å². The molecule has 2 heterocycles. The highest BCUT2D eigenvalue weighted by Gasteiger charge is 2.20. The van der Waals surface area contributed by atoms with Crippen LogP contribution < -0.4 is 20.3 Å². The van der Waals surface area contributed by atoms with Crippen molar-refractivity contribution in [1.29, 1.82) is 0 Å². The molecule has 0 aliphatic carbocycles. The Hall–Kier alpha value is -3.54. The molecule has 0 unspecified atom stereocenters. The maximum Gasteiger partial charge on any atom is 0.333 e. The highest BCUT2D eigenvalue weighted by Crippen LogP contribution is 2.29. The number of hydrogen-bond donors (Lipinski definition) is 3. The minimum atomic E-state index is -4.06. The van der Waals surface area contributed by atoms with Crippen LogP contribution in [0.5, 0.6) is 11.6 Å². The number of pyridine rings is 1. The fourth-order valence-electron chi connectivity index (χ4n) is 3.13. The fraction of sp³-hybridized carbons (Fsp3) is 0.0476. The third kappa shape index (κ3) is 4.65. The van der Waals surface area contributed by atoms with Gasteiger partial charge < -0.3 is 15.2 Å². The average molecular weight is 506 g/mol. The first kappa shape index (κ1) is 22.6. The maximum absolute atomic E-state index is 12.6. The minimum Gasteiger partial charge on any atom is -0.497 e. The van der Waals surface area contributed by atoms with Crippen LogP contribution in [0.2, 0.25) is 4.34 Å². The predicted molar refractivity (Wildman–Crippen MR) is 126 cm³/mol. The topological polar surface area (TPSA) is 127 Å². The number of nitrogens with zero attached hydrogens (tertiary/aromatic N) is 1. The van der Waals surface area contributed by atoms with Gasteiger partial charge in [0.05, 0.1) is 17.1 Å². The van der Waals surface area contributed by atoms with E-state index in [-0.39, 0.29) is 20.1 Å². The van der Waals surface area contributed by atoms with Crippen LogP contribution in [0, 0.1) is 0 Å². The molecule has 0 aliphatic heterocycles. The number of nitrogens with one attached hydrogen (secondary N) is 2. The van der Waals surface area contributed by atoms with E-state index in [1.165, 1.54) is 49.6 Å².